The maximum Gasteiger partial charge on any atom is 0.305 e. The number of carbonyl (C=O) groups is 2. The topological polar surface area (TPSA) is 52.6 Å². The Hall–Kier alpha value is -1.84. The third-order valence-electron chi connectivity index (χ3n) is 2.59. The first-order chi connectivity index (χ1) is 9.08. The van der Waals surface area contributed by atoms with Crippen LogP contribution in [0.1, 0.15) is 38.7 Å². The van der Waals surface area contributed by atoms with Crippen LogP contribution < -0.4 is 0 Å². The van der Waals surface area contributed by atoms with E-state index in [4.69, 9.17) is 9.47 Å². The van der Waals surface area contributed by atoms with Gasteiger partial charge in [-0.1, -0.05) is 30.3 Å². The van der Waals surface area contributed by atoms with Gasteiger partial charge >= 0.3 is 11.9 Å². The molecule has 0 saturated carbocycles. The molecule has 0 aromatic heterocycles. The number of carbonyl (C=O) groups excluding carboxylic acids is 2. The number of esters is 2. The molecule has 1 aromatic carbocycles. The largest absolute Gasteiger partial charge is 0.425 e. The molecule has 0 fully saturated rings. The van der Waals surface area contributed by atoms with Gasteiger partial charge in [0, 0.05) is 20.3 Å². The summed E-state index contributed by atoms with van der Waals surface area (Å²) >= 11 is 0. The highest BCUT2D eigenvalue weighted by Crippen LogP contribution is 2.11. The minimum absolute atomic E-state index is 0.436. The second-order valence-corrected chi connectivity index (χ2v) is 4.38. The normalized spacial score (nSPS) is 10.3. The molecule has 1 rings (SSSR count). The Bertz CT molecular complexity index is 384. The van der Waals surface area contributed by atoms with Gasteiger partial charge in [0.05, 0.1) is 0 Å². The van der Waals surface area contributed by atoms with Gasteiger partial charge in [-0.05, 0) is 24.8 Å². The third kappa shape index (κ3) is 7.24. The molecule has 0 atom stereocenters. The molecule has 0 amide bonds. The van der Waals surface area contributed by atoms with E-state index in [1.54, 1.807) is 0 Å². The summed E-state index contributed by atoms with van der Waals surface area (Å²) in [6.07, 6.45) is 2.54. The lowest BCUT2D eigenvalue weighted by Crippen LogP contribution is -2.22. The maximum absolute atomic E-state index is 10.9. The average Bonchev–Trinajstić information content (AvgIpc) is 2.34. The number of benzene rings is 1. The molecule has 19 heavy (non-hydrogen) atoms. The monoisotopic (exact) mass is 264 g/mol. The molecule has 0 N–H and O–H groups in total. The van der Waals surface area contributed by atoms with Gasteiger partial charge in [0.2, 0.25) is 6.29 Å². The summed E-state index contributed by atoms with van der Waals surface area (Å²) in [7, 11) is 0. The number of ether oxygens (including phenoxy) is 2. The van der Waals surface area contributed by atoms with Crippen molar-refractivity contribution in [3.8, 4) is 0 Å². The predicted molar refractivity (Wildman–Crippen MR) is 71.3 cm³/mol. The van der Waals surface area contributed by atoms with Crippen LogP contribution in [0.5, 0.6) is 0 Å². The van der Waals surface area contributed by atoms with Gasteiger partial charge in [-0.3, -0.25) is 9.59 Å². The van der Waals surface area contributed by atoms with E-state index in [2.05, 4.69) is 12.1 Å². The predicted octanol–water partition coefficient (Wildman–Crippen LogP) is 2.85. The fraction of sp³-hybridized carbons (Fsp3) is 0.467. The second-order valence-electron chi connectivity index (χ2n) is 4.38. The zero-order chi connectivity index (χ0) is 14.1. The summed E-state index contributed by atoms with van der Waals surface area (Å²) in [5, 5.41) is 0. The van der Waals surface area contributed by atoms with Crippen molar-refractivity contribution >= 4 is 11.9 Å². The average molecular weight is 264 g/mol. The standard InChI is InChI=1S/C15H20O4/c1-12(16)18-15(19-13(2)17)11-7-6-10-14-8-4-3-5-9-14/h3-5,8-9,15H,6-7,10-11H2,1-2H3. The van der Waals surface area contributed by atoms with Crippen LogP contribution in [0.4, 0.5) is 0 Å². The molecule has 4 nitrogen and oxygen atoms in total. The van der Waals surface area contributed by atoms with Crippen molar-refractivity contribution in [2.45, 2.75) is 45.8 Å². The highest BCUT2D eigenvalue weighted by Gasteiger charge is 2.14. The molecule has 0 unspecified atom stereocenters. The Balaban J connectivity index is 2.27. The number of hydrogen-bond donors (Lipinski definition) is 0. The van der Waals surface area contributed by atoms with Crippen LogP contribution in [0.2, 0.25) is 0 Å². The van der Waals surface area contributed by atoms with E-state index in [0.717, 1.165) is 19.3 Å². The van der Waals surface area contributed by atoms with Crippen LogP contribution in [-0.4, -0.2) is 18.2 Å². The van der Waals surface area contributed by atoms with Crippen molar-refractivity contribution in [3.05, 3.63) is 35.9 Å². The molecule has 0 bridgehead atoms. The molecule has 104 valence electrons. The van der Waals surface area contributed by atoms with Gasteiger partial charge in [-0.2, -0.15) is 0 Å². The minimum Gasteiger partial charge on any atom is -0.425 e. The molecule has 0 heterocycles. The number of rotatable bonds is 7. The van der Waals surface area contributed by atoms with Crippen molar-refractivity contribution < 1.29 is 19.1 Å². The van der Waals surface area contributed by atoms with Gasteiger partial charge < -0.3 is 9.47 Å². The zero-order valence-corrected chi connectivity index (χ0v) is 11.4. The lowest BCUT2D eigenvalue weighted by Gasteiger charge is -2.16. The SMILES string of the molecule is CC(=O)OC(CCCCc1ccccc1)OC(C)=O. The van der Waals surface area contributed by atoms with Crippen LogP contribution in [0, 0.1) is 0 Å². The quantitative estimate of drug-likeness (QED) is 0.431. The zero-order valence-electron chi connectivity index (χ0n) is 11.4. The first-order valence-electron chi connectivity index (χ1n) is 6.46. The van der Waals surface area contributed by atoms with Crippen molar-refractivity contribution in [2.75, 3.05) is 0 Å². The van der Waals surface area contributed by atoms with Crippen LogP contribution >= 0.6 is 0 Å². The molecule has 1 aromatic rings. The van der Waals surface area contributed by atoms with Crippen LogP contribution in [0.15, 0.2) is 30.3 Å². The Labute approximate surface area is 113 Å². The Morgan fingerprint density at radius 1 is 1.00 bits per heavy atom. The van der Waals surface area contributed by atoms with Gasteiger partial charge in [-0.25, -0.2) is 0 Å². The summed E-state index contributed by atoms with van der Waals surface area (Å²) in [5.74, 6) is -0.872. The summed E-state index contributed by atoms with van der Waals surface area (Å²) < 4.78 is 9.86. The Morgan fingerprint density at radius 3 is 2.11 bits per heavy atom. The number of hydrogen-bond acceptors (Lipinski definition) is 4. The molecule has 0 aliphatic rings. The first kappa shape index (κ1) is 15.2. The molecule has 4 heteroatoms. The van der Waals surface area contributed by atoms with Crippen molar-refractivity contribution in [3.63, 3.8) is 0 Å². The molecule has 0 aliphatic carbocycles. The highest BCUT2D eigenvalue weighted by molar-refractivity contribution is 5.68. The van der Waals surface area contributed by atoms with Gasteiger partial charge in [0.25, 0.3) is 0 Å². The minimum atomic E-state index is -0.759. The summed E-state index contributed by atoms with van der Waals surface area (Å²) in [6.45, 7) is 2.61. The Morgan fingerprint density at radius 2 is 1.58 bits per heavy atom. The van der Waals surface area contributed by atoms with Gasteiger partial charge in [0.15, 0.2) is 0 Å². The van der Waals surface area contributed by atoms with E-state index in [-0.39, 0.29) is 0 Å². The first-order valence-corrected chi connectivity index (χ1v) is 6.46. The lowest BCUT2D eigenvalue weighted by atomic mass is 10.1. The number of aryl methyl sites for hydroxylation is 1. The van der Waals surface area contributed by atoms with Crippen LogP contribution in [-0.2, 0) is 25.5 Å². The lowest BCUT2D eigenvalue weighted by molar-refractivity contribution is -0.185. The van der Waals surface area contributed by atoms with Crippen molar-refractivity contribution in [1.29, 1.82) is 0 Å². The van der Waals surface area contributed by atoms with E-state index >= 15 is 0 Å². The maximum atomic E-state index is 10.9. The third-order valence-corrected chi connectivity index (χ3v) is 2.59. The van der Waals surface area contributed by atoms with Crippen LogP contribution in [0.3, 0.4) is 0 Å². The van der Waals surface area contributed by atoms with Crippen LogP contribution in [0.25, 0.3) is 0 Å². The van der Waals surface area contributed by atoms with Gasteiger partial charge in [-0.15, -0.1) is 0 Å². The Kier molecular flexibility index (Phi) is 6.64. The summed E-state index contributed by atoms with van der Waals surface area (Å²) in [6, 6.07) is 10.2. The van der Waals surface area contributed by atoms with Crippen molar-refractivity contribution in [2.24, 2.45) is 0 Å². The van der Waals surface area contributed by atoms with E-state index < -0.39 is 18.2 Å². The van der Waals surface area contributed by atoms with E-state index in [1.807, 2.05) is 18.2 Å². The van der Waals surface area contributed by atoms with Gasteiger partial charge in [0.1, 0.15) is 0 Å². The van der Waals surface area contributed by atoms with E-state index in [1.165, 1.54) is 19.4 Å². The molecule has 0 spiro atoms. The van der Waals surface area contributed by atoms with E-state index in [9.17, 15) is 9.59 Å². The summed E-state index contributed by atoms with van der Waals surface area (Å²) in [5.41, 5.74) is 1.28. The molecular weight excluding hydrogens is 244 g/mol. The fourth-order valence-electron chi connectivity index (χ4n) is 1.80. The molecule has 0 radical (unpaired) electrons. The molecular formula is C15H20O4. The highest BCUT2D eigenvalue weighted by atomic mass is 16.7. The smallest absolute Gasteiger partial charge is 0.305 e. The summed E-state index contributed by atoms with van der Waals surface area (Å²) in [4.78, 5) is 21.8. The molecule has 0 saturated heterocycles. The second kappa shape index (κ2) is 8.29. The number of unbranched alkanes of at least 4 members (excludes halogenated alkanes) is 1. The molecule has 0 aliphatic heterocycles. The fourth-order valence-corrected chi connectivity index (χ4v) is 1.80. The van der Waals surface area contributed by atoms with E-state index in [0.29, 0.717) is 6.42 Å². The van der Waals surface area contributed by atoms with Crippen molar-refractivity contribution in [1.82, 2.24) is 0 Å².